The van der Waals surface area contributed by atoms with E-state index in [1.807, 2.05) is 6.92 Å². The highest BCUT2D eigenvalue weighted by atomic mass is 28.4. The number of fused-ring (bicyclic) bond motifs is 3. The van der Waals surface area contributed by atoms with E-state index in [0.717, 1.165) is 42.7 Å². The molecule has 4 rings (SSSR count). The van der Waals surface area contributed by atoms with Gasteiger partial charge in [0.05, 0.1) is 29.6 Å². The molecular weight excluding hydrogens is 849 g/mol. The summed E-state index contributed by atoms with van der Waals surface area (Å²) in [7, 11) is -4.87. The minimum atomic E-state index is -2.57. The highest BCUT2D eigenvalue weighted by molar-refractivity contribution is 6.74. The zero-order chi connectivity index (χ0) is 48.4. The van der Waals surface area contributed by atoms with Crippen LogP contribution in [0.25, 0.3) is 0 Å². The van der Waals surface area contributed by atoms with E-state index in [4.69, 9.17) is 27.8 Å². The van der Waals surface area contributed by atoms with Crippen LogP contribution in [0.1, 0.15) is 134 Å². The minimum absolute atomic E-state index is 0.0624. The van der Waals surface area contributed by atoms with E-state index < -0.39 is 105 Å². The summed E-state index contributed by atoms with van der Waals surface area (Å²) in [4.78, 5) is 73.5. The number of Topliss-reactive ketones (excluding diaryl/α,β-unsaturated/α-hetero) is 2. The Kier molecular flexibility index (Phi) is 17.1. The number of ether oxygens (including phenoxy) is 4. The Morgan fingerprint density at radius 3 is 1.86 bits per heavy atom. The van der Waals surface area contributed by atoms with Crippen molar-refractivity contribution in [2.24, 2.45) is 28.6 Å². The molecule has 0 amide bonds. The van der Waals surface area contributed by atoms with Crippen molar-refractivity contribution < 1.29 is 56.9 Å². The molecule has 360 valence electrons. The molecule has 64 heavy (non-hydrogen) atoms. The summed E-state index contributed by atoms with van der Waals surface area (Å²) in [6.45, 7) is 29.5. The van der Waals surface area contributed by atoms with Gasteiger partial charge in [0.15, 0.2) is 22.2 Å². The van der Waals surface area contributed by atoms with Crippen molar-refractivity contribution in [3.63, 3.8) is 0 Å². The second-order valence-corrected chi connectivity index (χ2v) is 29.8. The smallest absolute Gasteiger partial charge is 0.338 e. The van der Waals surface area contributed by atoms with Gasteiger partial charge in [-0.1, -0.05) is 94.4 Å². The Morgan fingerprint density at radius 1 is 0.844 bits per heavy atom. The van der Waals surface area contributed by atoms with Crippen molar-refractivity contribution in [2.75, 3.05) is 6.61 Å². The fourth-order valence-corrected chi connectivity index (χ4v) is 16.9. The van der Waals surface area contributed by atoms with Gasteiger partial charge in [-0.3, -0.25) is 14.4 Å². The van der Waals surface area contributed by atoms with Crippen LogP contribution >= 0.6 is 0 Å². The minimum Gasteiger partial charge on any atom is -0.456 e. The lowest BCUT2D eigenvalue weighted by Gasteiger charge is -2.66. The van der Waals surface area contributed by atoms with Crippen molar-refractivity contribution >= 4 is 46.1 Å². The van der Waals surface area contributed by atoms with Crippen LogP contribution in [0.5, 0.6) is 0 Å². The zero-order valence-corrected chi connectivity index (χ0v) is 43.8. The average molecular weight is 929 g/mol. The van der Waals surface area contributed by atoms with Crippen LogP contribution in [-0.2, 0) is 47.0 Å². The van der Waals surface area contributed by atoms with E-state index in [2.05, 4.69) is 55.4 Å². The number of esters is 3. The summed E-state index contributed by atoms with van der Waals surface area (Å²) in [6.07, 6.45) is -4.39. The quantitative estimate of drug-likeness (QED) is 0.0461. The molecule has 1 aromatic carbocycles. The SMILES string of the molecule is CC[Si](CC)(CC)OC(C(=O)O[C@@H](C)/C(C)=C1/C(=O)C(=O)[C@]2(C)[C@@H](O[Si](CC)(CC)CC)C[C@H]3OC[C@@]3(OC(C)=O)[C@H]2[C@H](OC(=O)c2ccccc2)[C@@](C)(O)C1(C)C)[C@@H](C)CC(C)C. The van der Waals surface area contributed by atoms with Gasteiger partial charge >= 0.3 is 17.9 Å². The van der Waals surface area contributed by atoms with Gasteiger partial charge in [0.25, 0.3) is 0 Å². The molecule has 2 aliphatic carbocycles. The maximum atomic E-state index is 15.9. The van der Waals surface area contributed by atoms with Crippen LogP contribution in [0.2, 0.25) is 36.3 Å². The standard InChI is InChI=1S/C50H80O12Si2/c1-17-63(18-2,19-3)61-37-29-38-50(30-57-38,60-35(12)51)42-44(59-45(54)36-26-24-23-25-27-36)49(16,56)47(13,14)39(40(52)43(53)48(37,42)15)33(10)34(11)58-46(55)41(32(9)28-31(7)8)62-64(20-4,21-5)22-6/h23-27,31-32,34,37-38,41-42,44,56H,17-22,28-30H2,1-16H3/b39-33-/t32-,34-,37-,38+,41?,42-,44-,48+,49+,50-/m0/s1. The number of carbonyl (C=O) groups excluding carboxylic acids is 5. The lowest BCUT2D eigenvalue weighted by atomic mass is 9.46. The normalized spacial score (nSPS) is 30.4. The van der Waals surface area contributed by atoms with Gasteiger partial charge < -0.3 is 32.9 Å². The van der Waals surface area contributed by atoms with Crippen molar-refractivity contribution in [3.8, 4) is 0 Å². The highest BCUT2D eigenvalue weighted by Crippen LogP contribution is 2.62. The highest BCUT2D eigenvalue weighted by Gasteiger charge is 2.77. The van der Waals surface area contributed by atoms with Crippen molar-refractivity contribution in [1.29, 1.82) is 0 Å². The molecule has 3 aliphatic rings. The summed E-state index contributed by atoms with van der Waals surface area (Å²) >= 11 is 0. The number of hydrogen-bond donors (Lipinski definition) is 1. The fraction of sp³-hybridized carbons (Fsp3) is 0.740. The first-order valence-corrected chi connectivity index (χ1v) is 29.0. The van der Waals surface area contributed by atoms with Crippen LogP contribution in [0, 0.1) is 28.6 Å². The lowest BCUT2D eigenvalue weighted by Crippen LogP contribution is -2.81. The lowest BCUT2D eigenvalue weighted by molar-refractivity contribution is -0.339. The third-order valence-electron chi connectivity index (χ3n) is 16.1. The molecule has 1 N–H and O–H groups in total. The number of rotatable bonds is 19. The second kappa shape index (κ2) is 20.5. The number of aliphatic hydroxyl groups is 1. The Hall–Kier alpha value is -3.02. The first-order chi connectivity index (χ1) is 29.8. The summed E-state index contributed by atoms with van der Waals surface area (Å²) in [5, 5.41) is 13.5. The van der Waals surface area contributed by atoms with Gasteiger partial charge in [-0.2, -0.15) is 0 Å². The molecular formula is C50H80O12Si2. The average Bonchev–Trinajstić information content (AvgIpc) is 3.24. The molecule has 0 radical (unpaired) electrons. The van der Waals surface area contributed by atoms with Gasteiger partial charge in [0.2, 0.25) is 11.6 Å². The van der Waals surface area contributed by atoms with Gasteiger partial charge in [-0.15, -0.1) is 0 Å². The number of hydrogen-bond acceptors (Lipinski definition) is 12. The van der Waals surface area contributed by atoms with Crippen LogP contribution in [0.4, 0.5) is 0 Å². The molecule has 0 aromatic heterocycles. The molecule has 1 heterocycles. The Bertz CT molecular complexity index is 1870. The molecule has 0 spiro atoms. The predicted molar refractivity (Wildman–Crippen MR) is 252 cm³/mol. The molecule has 1 aliphatic heterocycles. The number of ketones is 2. The van der Waals surface area contributed by atoms with Crippen LogP contribution < -0.4 is 0 Å². The fourth-order valence-electron chi connectivity index (χ4n) is 11.1. The number of carbonyl (C=O) groups is 5. The number of benzene rings is 1. The molecule has 10 atom stereocenters. The first kappa shape index (κ1) is 53.6. The summed E-state index contributed by atoms with van der Waals surface area (Å²) in [5.74, 6) is -4.89. The molecule has 0 bridgehead atoms. The van der Waals surface area contributed by atoms with E-state index in [1.54, 1.807) is 65.0 Å². The van der Waals surface area contributed by atoms with Crippen molar-refractivity contribution in [3.05, 3.63) is 47.0 Å². The molecule has 2 saturated carbocycles. The maximum Gasteiger partial charge on any atom is 0.338 e. The molecule has 1 saturated heterocycles. The Labute approximate surface area is 385 Å². The largest absolute Gasteiger partial charge is 0.456 e. The summed E-state index contributed by atoms with van der Waals surface area (Å²) in [5.41, 5.74) is -6.84. The molecule has 1 aromatic rings. The van der Waals surface area contributed by atoms with Crippen LogP contribution in [-0.4, -0.2) is 99.5 Å². The van der Waals surface area contributed by atoms with Gasteiger partial charge in [-0.25, -0.2) is 9.59 Å². The second-order valence-electron chi connectivity index (χ2n) is 20.3. The molecule has 3 fully saturated rings. The summed E-state index contributed by atoms with van der Waals surface area (Å²) < 4.78 is 39.4. The maximum absolute atomic E-state index is 15.9. The third kappa shape index (κ3) is 9.70. The summed E-state index contributed by atoms with van der Waals surface area (Å²) in [6, 6.07) is 13.0. The van der Waals surface area contributed by atoms with Crippen LogP contribution in [0.3, 0.4) is 0 Å². The molecule has 12 nitrogen and oxygen atoms in total. The van der Waals surface area contributed by atoms with Crippen LogP contribution in [0.15, 0.2) is 41.5 Å². The van der Waals surface area contributed by atoms with E-state index in [1.165, 1.54) is 13.8 Å². The first-order valence-electron chi connectivity index (χ1n) is 23.9. The molecule has 14 heteroatoms. The topological polar surface area (TPSA) is 161 Å². The van der Waals surface area contributed by atoms with Gasteiger partial charge in [0.1, 0.15) is 30.0 Å². The molecule has 1 unspecified atom stereocenters. The monoisotopic (exact) mass is 929 g/mol. The third-order valence-corrected chi connectivity index (χ3v) is 25.4. The zero-order valence-electron chi connectivity index (χ0n) is 41.8. The Balaban J connectivity index is 2.03. The van der Waals surface area contributed by atoms with Crippen molar-refractivity contribution in [1.82, 2.24) is 0 Å². The van der Waals surface area contributed by atoms with Gasteiger partial charge in [0, 0.05) is 24.3 Å². The van der Waals surface area contributed by atoms with Crippen molar-refractivity contribution in [2.45, 2.75) is 202 Å². The van der Waals surface area contributed by atoms with Gasteiger partial charge in [-0.05, 0) is 99.9 Å². The van der Waals surface area contributed by atoms with E-state index in [-0.39, 0.29) is 35.7 Å². The predicted octanol–water partition coefficient (Wildman–Crippen LogP) is 9.58. The van der Waals surface area contributed by atoms with E-state index in [9.17, 15) is 19.5 Å². The van der Waals surface area contributed by atoms with E-state index >= 15 is 9.59 Å². The van der Waals surface area contributed by atoms with E-state index in [0.29, 0.717) is 5.92 Å². The Morgan fingerprint density at radius 2 is 1.39 bits per heavy atom.